The summed E-state index contributed by atoms with van der Waals surface area (Å²) in [5.41, 5.74) is 5.02. The molecule has 0 saturated carbocycles. The van der Waals surface area contributed by atoms with Gasteiger partial charge in [-0.1, -0.05) is 19.9 Å². The fraction of sp³-hybridized carbons (Fsp3) is 0.462. The van der Waals surface area contributed by atoms with Crippen LogP contribution >= 0.6 is 0 Å². The molecule has 0 atom stereocenters. The monoisotopic (exact) mass is 188 g/mol. The molecule has 2 rings (SSSR count). The van der Waals surface area contributed by atoms with Crippen LogP contribution in [0.4, 0.5) is 0 Å². The van der Waals surface area contributed by atoms with Crippen molar-refractivity contribution in [2.45, 2.75) is 39.5 Å². The minimum atomic E-state index is 0.331. The van der Waals surface area contributed by atoms with E-state index in [-0.39, 0.29) is 0 Å². The maximum Gasteiger partial charge on any atom is 0.163 e. The Morgan fingerprint density at radius 2 is 1.71 bits per heavy atom. The lowest BCUT2D eigenvalue weighted by molar-refractivity contribution is 0.0994. The van der Waals surface area contributed by atoms with Crippen molar-refractivity contribution in [2.24, 2.45) is 0 Å². The van der Waals surface area contributed by atoms with Gasteiger partial charge in [-0.2, -0.15) is 0 Å². The SMILES string of the molecule is CCc1cc2c(cc1CC)C(=O)CC2. The quantitative estimate of drug-likeness (QED) is 0.697. The normalized spacial score (nSPS) is 14.6. The van der Waals surface area contributed by atoms with E-state index in [1.807, 2.05) is 0 Å². The molecule has 0 amide bonds. The molecule has 1 aromatic rings. The summed E-state index contributed by atoms with van der Waals surface area (Å²) in [6, 6.07) is 4.35. The van der Waals surface area contributed by atoms with Crippen LogP contribution in [0.3, 0.4) is 0 Å². The summed E-state index contributed by atoms with van der Waals surface area (Å²) in [6.07, 6.45) is 3.77. The zero-order valence-corrected chi connectivity index (χ0v) is 8.89. The third-order valence-corrected chi connectivity index (χ3v) is 3.11. The summed E-state index contributed by atoms with van der Waals surface area (Å²) >= 11 is 0. The average molecular weight is 188 g/mol. The predicted molar refractivity (Wildman–Crippen MR) is 57.8 cm³/mol. The molecule has 1 heteroatoms. The van der Waals surface area contributed by atoms with E-state index in [0.29, 0.717) is 12.2 Å². The summed E-state index contributed by atoms with van der Waals surface area (Å²) in [4.78, 5) is 11.5. The van der Waals surface area contributed by atoms with Crippen molar-refractivity contribution in [1.82, 2.24) is 0 Å². The Hall–Kier alpha value is -1.11. The molecule has 1 nitrogen and oxygen atoms in total. The maximum absolute atomic E-state index is 11.5. The van der Waals surface area contributed by atoms with Gasteiger partial charge in [0.05, 0.1) is 0 Å². The molecular formula is C13H16O. The summed E-state index contributed by atoms with van der Waals surface area (Å²) in [6.45, 7) is 4.33. The number of ketones is 1. The number of Topliss-reactive ketones (excluding diaryl/α,β-unsaturated/α-hetero) is 1. The Labute approximate surface area is 85.1 Å². The summed E-state index contributed by atoms with van der Waals surface area (Å²) in [7, 11) is 0. The van der Waals surface area contributed by atoms with Crippen LogP contribution in [0.15, 0.2) is 12.1 Å². The molecule has 0 aromatic heterocycles. The predicted octanol–water partition coefficient (Wildman–Crippen LogP) is 2.94. The van der Waals surface area contributed by atoms with E-state index in [1.165, 1.54) is 16.7 Å². The number of hydrogen-bond donors (Lipinski definition) is 0. The van der Waals surface area contributed by atoms with Crippen molar-refractivity contribution in [1.29, 1.82) is 0 Å². The molecule has 0 N–H and O–H groups in total. The Kier molecular flexibility index (Phi) is 2.40. The zero-order chi connectivity index (χ0) is 10.1. The minimum Gasteiger partial charge on any atom is -0.294 e. The molecular weight excluding hydrogens is 172 g/mol. The van der Waals surface area contributed by atoms with Crippen LogP contribution in [0, 0.1) is 0 Å². The number of benzene rings is 1. The molecule has 0 bridgehead atoms. The maximum atomic E-state index is 11.5. The number of rotatable bonds is 2. The summed E-state index contributed by atoms with van der Waals surface area (Å²) in [5, 5.41) is 0. The first-order chi connectivity index (χ1) is 6.76. The van der Waals surface area contributed by atoms with E-state index < -0.39 is 0 Å². The topological polar surface area (TPSA) is 17.1 Å². The zero-order valence-electron chi connectivity index (χ0n) is 8.89. The number of hydrogen-bond acceptors (Lipinski definition) is 1. The van der Waals surface area contributed by atoms with Gasteiger partial charge in [0.15, 0.2) is 5.78 Å². The van der Waals surface area contributed by atoms with E-state index in [0.717, 1.165) is 24.8 Å². The molecule has 14 heavy (non-hydrogen) atoms. The van der Waals surface area contributed by atoms with Crippen molar-refractivity contribution in [2.75, 3.05) is 0 Å². The highest BCUT2D eigenvalue weighted by atomic mass is 16.1. The van der Waals surface area contributed by atoms with Crippen molar-refractivity contribution in [3.8, 4) is 0 Å². The van der Waals surface area contributed by atoms with Gasteiger partial charge in [-0.05, 0) is 42.0 Å². The van der Waals surface area contributed by atoms with Gasteiger partial charge in [-0.25, -0.2) is 0 Å². The van der Waals surface area contributed by atoms with E-state index in [1.54, 1.807) is 0 Å². The van der Waals surface area contributed by atoms with Gasteiger partial charge >= 0.3 is 0 Å². The number of carbonyl (C=O) groups is 1. The lowest BCUT2D eigenvalue weighted by atomic mass is 9.97. The van der Waals surface area contributed by atoms with Crippen LogP contribution in [0.1, 0.15) is 47.3 Å². The first kappa shape index (κ1) is 9.45. The Morgan fingerprint density at radius 3 is 2.36 bits per heavy atom. The minimum absolute atomic E-state index is 0.331. The van der Waals surface area contributed by atoms with Gasteiger partial charge in [0, 0.05) is 12.0 Å². The molecule has 1 aromatic carbocycles. The lowest BCUT2D eigenvalue weighted by Crippen LogP contribution is -1.97. The van der Waals surface area contributed by atoms with Crippen molar-refractivity contribution in [3.05, 3.63) is 34.4 Å². The van der Waals surface area contributed by atoms with E-state index in [9.17, 15) is 4.79 Å². The van der Waals surface area contributed by atoms with E-state index in [2.05, 4.69) is 26.0 Å². The van der Waals surface area contributed by atoms with Crippen LogP contribution in [0.25, 0.3) is 0 Å². The largest absolute Gasteiger partial charge is 0.294 e. The van der Waals surface area contributed by atoms with Crippen LogP contribution in [0.2, 0.25) is 0 Å². The van der Waals surface area contributed by atoms with Gasteiger partial charge in [0.2, 0.25) is 0 Å². The third-order valence-electron chi connectivity index (χ3n) is 3.11. The second kappa shape index (κ2) is 3.56. The Balaban J connectivity index is 2.54. The van der Waals surface area contributed by atoms with Crippen molar-refractivity contribution in [3.63, 3.8) is 0 Å². The highest BCUT2D eigenvalue weighted by Gasteiger charge is 2.20. The summed E-state index contributed by atoms with van der Waals surface area (Å²) < 4.78 is 0. The molecule has 0 unspecified atom stereocenters. The second-order valence-electron chi connectivity index (χ2n) is 3.91. The Bertz CT molecular complexity index is 377. The average Bonchev–Trinajstić information content (AvgIpc) is 2.58. The fourth-order valence-corrected chi connectivity index (χ4v) is 2.25. The molecule has 0 spiro atoms. The van der Waals surface area contributed by atoms with Crippen LogP contribution < -0.4 is 0 Å². The summed E-state index contributed by atoms with van der Waals surface area (Å²) in [5.74, 6) is 0.331. The molecule has 0 heterocycles. The highest BCUT2D eigenvalue weighted by Crippen LogP contribution is 2.26. The number of aryl methyl sites for hydroxylation is 3. The smallest absolute Gasteiger partial charge is 0.163 e. The Morgan fingerprint density at radius 1 is 1.07 bits per heavy atom. The van der Waals surface area contributed by atoms with Gasteiger partial charge in [-0.3, -0.25) is 4.79 Å². The molecule has 0 aliphatic heterocycles. The fourth-order valence-electron chi connectivity index (χ4n) is 2.25. The second-order valence-corrected chi connectivity index (χ2v) is 3.91. The first-order valence-electron chi connectivity index (χ1n) is 5.44. The van der Waals surface area contributed by atoms with Gasteiger partial charge in [-0.15, -0.1) is 0 Å². The van der Waals surface area contributed by atoms with Crippen molar-refractivity contribution < 1.29 is 4.79 Å². The lowest BCUT2D eigenvalue weighted by Gasteiger charge is -2.08. The molecule has 0 radical (unpaired) electrons. The standard InChI is InChI=1S/C13H16O/c1-3-9-7-11-5-6-13(14)12(11)8-10(9)4-2/h7-8H,3-6H2,1-2H3. The third kappa shape index (κ3) is 1.37. The van der Waals surface area contributed by atoms with Crippen LogP contribution in [0.5, 0.6) is 0 Å². The van der Waals surface area contributed by atoms with Gasteiger partial charge in [0.25, 0.3) is 0 Å². The van der Waals surface area contributed by atoms with E-state index >= 15 is 0 Å². The number of fused-ring (bicyclic) bond motifs is 1. The first-order valence-corrected chi connectivity index (χ1v) is 5.44. The molecule has 0 saturated heterocycles. The van der Waals surface area contributed by atoms with Crippen LogP contribution in [-0.2, 0) is 19.3 Å². The van der Waals surface area contributed by atoms with Crippen LogP contribution in [-0.4, -0.2) is 5.78 Å². The van der Waals surface area contributed by atoms with E-state index in [4.69, 9.17) is 0 Å². The molecule has 1 aliphatic rings. The molecule has 74 valence electrons. The molecule has 1 aliphatic carbocycles. The van der Waals surface area contributed by atoms with Gasteiger partial charge in [0.1, 0.15) is 0 Å². The van der Waals surface area contributed by atoms with Crippen molar-refractivity contribution >= 4 is 5.78 Å². The highest BCUT2D eigenvalue weighted by molar-refractivity contribution is 6.00. The van der Waals surface area contributed by atoms with Gasteiger partial charge < -0.3 is 0 Å². The molecule has 0 fully saturated rings. The number of carbonyl (C=O) groups excluding carboxylic acids is 1.